The predicted molar refractivity (Wildman–Crippen MR) is 73.2 cm³/mol. The number of carbonyl (C=O) groups is 1. The number of hydrogen-bond donors (Lipinski definition) is 0. The number of carbonyl (C=O) groups excluding carboxylic acids is 1. The number of rotatable bonds is 1. The molecule has 1 aromatic rings. The predicted octanol–water partition coefficient (Wildman–Crippen LogP) is 3.77. The van der Waals surface area contributed by atoms with Gasteiger partial charge in [0.2, 0.25) is 0 Å². The van der Waals surface area contributed by atoms with Crippen molar-refractivity contribution in [2.75, 3.05) is 6.54 Å². The zero-order valence-corrected chi connectivity index (χ0v) is 12.0. The second-order valence-electron chi connectivity index (χ2n) is 4.83. The van der Waals surface area contributed by atoms with Gasteiger partial charge in [0.25, 0.3) is 5.91 Å². The number of amides is 1. The average molecular weight is 296 g/mol. The average Bonchev–Trinajstić information content (AvgIpc) is 2.32. The summed E-state index contributed by atoms with van der Waals surface area (Å²) in [5.41, 5.74) is 1.92. The van der Waals surface area contributed by atoms with E-state index in [0.29, 0.717) is 6.04 Å². The van der Waals surface area contributed by atoms with Gasteiger partial charge in [-0.25, -0.2) is 0 Å². The fourth-order valence-electron chi connectivity index (χ4n) is 2.36. The molecule has 2 nitrogen and oxygen atoms in total. The van der Waals surface area contributed by atoms with Gasteiger partial charge in [-0.1, -0.05) is 11.6 Å². The van der Waals surface area contributed by atoms with Gasteiger partial charge in [0, 0.05) is 17.1 Å². The van der Waals surface area contributed by atoms with Gasteiger partial charge >= 0.3 is 0 Å². The van der Waals surface area contributed by atoms with Gasteiger partial charge in [0.1, 0.15) is 0 Å². The largest absolute Gasteiger partial charge is 0.336 e. The number of benzene rings is 1. The number of nitrogens with zero attached hydrogens (tertiary/aromatic N) is 1. The molecule has 0 bridgehead atoms. The fraction of sp³-hybridized carbons (Fsp3) is 0.500. The van der Waals surface area contributed by atoms with Crippen LogP contribution in [0.3, 0.4) is 0 Å². The minimum atomic E-state index is 0.160. The standard InChI is InChI=1S/C14H18BrNO/c1-10-6-7-13(15)12(9-10)14(17)16-8-4-3-5-11(16)2/h6-7,9,11H,3-5,8H2,1-2H3. The highest BCUT2D eigenvalue weighted by atomic mass is 79.9. The van der Waals surface area contributed by atoms with Gasteiger partial charge in [0.05, 0.1) is 5.56 Å². The van der Waals surface area contributed by atoms with Crippen molar-refractivity contribution in [3.63, 3.8) is 0 Å². The van der Waals surface area contributed by atoms with Crippen LogP contribution in [0.25, 0.3) is 0 Å². The summed E-state index contributed by atoms with van der Waals surface area (Å²) in [7, 11) is 0. The van der Waals surface area contributed by atoms with Gasteiger partial charge in [0.15, 0.2) is 0 Å². The lowest BCUT2D eigenvalue weighted by atomic mass is 10.0. The molecule has 0 N–H and O–H groups in total. The molecule has 1 aliphatic rings. The SMILES string of the molecule is Cc1ccc(Br)c(C(=O)N2CCCCC2C)c1. The molecule has 3 heteroatoms. The number of halogens is 1. The highest BCUT2D eigenvalue weighted by Crippen LogP contribution is 2.24. The van der Waals surface area contributed by atoms with Crippen molar-refractivity contribution in [2.24, 2.45) is 0 Å². The highest BCUT2D eigenvalue weighted by Gasteiger charge is 2.25. The first kappa shape index (κ1) is 12.6. The first-order valence-corrected chi connectivity index (χ1v) is 6.96. The van der Waals surface area contributed by atoms with Gasteiger partial charge in [-0.15, -0.1) is 0 Å². The molecule has 1 heterocycles. The molecular formula is C14H18BrNO. The quantitative estimate of drug-likeness (QED) is 0.772. The van der Waals surface area contributed by atoms with E-state index in [-0.39, 0.29) is 5.91 Å². The van der Waals surface area contributed by atoms with Crippen molar-refractivity contribution in [3.05, 3.63) is 33.8 Å². The number of hydrogen-bond acceptors (Lipinski definition) is 1. The van der Waals surface area contributed by atoms with E-state index in [1.165, 1.54) is 6.42 Å². The molecular weight excluding hydrogens is 278 g/mol. The molecule has 1 saturated heterocycles. The second-order valence-corrected chi connectivity index (χ2v) is 5.68. The number of aryl methyl sites for hydroxylation is 1. The van der Waals surface area contributed by atoms with Crippen LogP contribution >= 0.6 is 15.9 Å². The van der Waals surface area contributed by atoms with Crippen LogP contribution in [0, 0.1) is 6.92 Å². The monoisotopic (exact) mass is 295 g/mol. The zero-order chi connectivity index (χ0) is 12.4. The van der Waals surface area contributed by atoms with Gasteiger partial charge in [-0.3, -0.25) is 4.79 Å². The third-order valence-electron chi connectivity index (χ3n) is 3.42. The Balaban J connectivity index is 2.26. The molecule has 1 unspecified atom stereocenters. The minimum Gasteiger partial charge on any atom is -0.336 e. The van der Waals surface area contributed by atoms with Crippen LogP contribution in [-0.2, 0) is 0 Å². The van der Waals surface area contributed by atoms with Crippen molar-refractivity contribution >= 4 is 21.8 Å². The Bertz CT molecular complexity index is 430. The second kappa shape index (κ2) is 5.21. The minimum absolute atomic E-state index is 0.160. The molecule has 0 spiro atoms. The van der Waals surface area contributed by atoms with Crippen LogP contribution in [0.5, 0.6) is 0 Å². The molecule has 0 saturated carbocycles. The van der Waals surface area contributed by atoms with Gasteiger partial charge in [-0.05, 0) is 61.2 Å². The Hall–Kier alpha value is -0.830. The van der Waals surface area contributed by atoms with E-state index in [2.05, 4.69) is 22.9 Å². The Morgan fingerprint density at radius 2 is 2.18 bits per heavy atom. The van der Waals surface area contributed by atoms with Crippen molar-refractivity contribution in [1.29, 1.82) is 0 Å². The van der Waals surface area contributed by atoms with Crippen molar-refractivity contribution in [2.45, 2.75) is 39.2 Å². The first-order valence-electron chi connectivity index (χ1n) is 6.16. The Morgan fingerprint density at radius 1 is 1.41 bits per heavy atom. The van der Waals surface area contributed by atoms with E-state index in [9.17, 15) is 4.79 Å². The van der Waals surface area contributed by atoms with E-state index in [1.807, 2.05) is 30.0 Å². The van der Waals surface area contributed by atoms with Gasteiger partial charge in [-0.2, -0.15) is 0 Å². The first-order chi connectivity index (χ1) is 8.09. The molecule has 1 atom stereocenters. The normalized spacial score (nSPS) is 20.4. The summed E-state index contributed by atoms with van der Waals surface area (Å²) in [6.45, 7) is 5.05. The van der Waals surface area contributed by atoms with Crippen LogP contribution in [-0.4, -0.2) is 23.4 Å². The summed E-state index contributed by atoms with van der Waals surface area (Å²) in [4.78, 5) is 14.5. The van der Waals surface area contributed by atoms with Gasteiger partial charge < -0.3 is 4.90 Å². The lowest BCUT2D eigenvalue weighted by Crippen LogP contribution is -2.42. The topological polar surface area (TPSA) is 20.3 Å². The summed E-state index contributed by atoms with van der Waals surface area (Å²) >= 11 is 3.47. The third kappa shape index (κ3) is 2.71. The lowest BCUT2D eigenvalue weighted by molar-refractivity contribution is 0.0634. The molecule has 2 rings (SSSR count). The molecule has 0 aliphatic carbocycles. The summed E-state index contributed by atoms with van der Waals surface area (Å²) in [6, 6.07) is 6.30. The van der Waals surface area contributed by atoms with Crippen LogP contribution < -0.4 is 0 Å². The number of likely N-dealkylation sites (tertiary alicyclic amines) is 1. The zero-order valence-electron chi connectivity index (χ0n) is 10.4. The van der Waals surface area contributed by atoms with Crippen molar-refractivity contribution in [3.8, 4) is 0 Å². The van der Waals surface area contributed by atoms with E-state index in [1.54, 1.807) is 0 Å². The molecule has 17 heavy (non-hydrogen) atoms. The molecule has 92 valence electrons. The van der Waals surface area contributed by atoms with Crippen LogP contribution in [0.2, 0.25) is 0 Å². The molecule has 0 radical (unpaired) electrons. The van der Waals surface area contributed by atoms with Crippen LogP contribution in [0.4, 0.5) is 0 Å². The Labute approximate surface area is 111 Å². The Morgan fingerprint density at radius 3 is 2.88 bits per heavy atom. The maximum atomic E-state index is 12.5. The molecule has 0 aromatic heterocycles. The van der Waals surface area contributed by atoms with Crippen LogP contribution in [0.1, 0.15) is 42.1 Å². The maximum absolute atomic E-state index is 12.5. The lowest BCUT2D eigenvalue weighted by Gasteiger charge is -2.33. The Kier molecular flexibility index (Phi) is 3.87. The van der Waals surface area contributed by atoms with E-state index >= 15 is 0 Å². The van der Waals surface area contributed by atoms with Crippen LogP contribution in [0.15, 0.2) is 22.7 Å². The third-order valence-corrected chi connectivity index (χ3v) is 4.11. The summed E-state index contributed by atoms with van der Waals surface area (Å²) < 4.78 is 0.894. The van der Waals surface area contributed by atoms with Crippen molar-refractivity contribution in [1.82, 2.24) is 4.90 Å². The van der Waals surface area contributed by atoms with E-state index < -0.39 is 0 Å². The summed E-state index contributed by atoms with van der Waals surface area (Å²) in [5.74, 6) is 0.160. The molecule has 1 fully saturated rings. The number of piperidine rings is 1. The molecule has 1 amide bonds. The van der Waals surface area contributed by atoms with E-state index in [4.69, 9.17) is 0 Å². The van der Waals surface area contributed by atoms with Crippen molar-refractivity contribution < 1.29 is 4.79 Å². The summed E-state index contributed by atoms with van der Waals surface area (Å²) in [6.07, 6.45) is 3.48. The summed E-state index contributed by atoms with van der Waals surface area (Å²) in [5, 5.41) is 0. The van der Waals surface area contributed by atoms with E-state index in [0.717, 1.165) is 35.0 Å². The fourth-order valence-corrected chi connectivity index (χ4v) is 2.77. The molecule has 1 aliphatic heterocycles. The smallest absolute Gasteiger partial charge is 0.255 e. The molecule has 1 aromatic carbocycles. The maximum Gasteiger partial charge on any atom is 0.255 e. The highest BCUT2D eigenvalue weighted by molar-refractivity contribution is 9.10.